The molecule has 1 heterocycles. The zero-order valence-electron chi connectivity index (χ0n) is 18.2. The van der Waals surface area contributed by atoms with E-state index in [0.29, 0.717) is 22.8 Å². The first-order chi connectivity index (χ1) is 15.6. The maximum atomic E-state index is 13.0. The lowest BCUT2D eigenvalue weighted by Gasteiger charge is -2.15. The molecule has 0 aliphatic heterocycles. The van der Waals surface area contributed by atoms with Crippen LogP contribution >= 0.6 is 0 Å². The average molecular weight is 427 g/mol. The number of oxazole rings is 1. The highest BCUT2D eigenvalue weighted by Gasteiger charge is 2.18. The molecular formula is C27H26N2O3. The van der Waals surface area contributed by atoms with Crippen LogP contribution in [0, 0.1) is 0 Å². The zero-order chi connectivity index (χ0) is 22.3. The lowest BCUT2D eigenvalue weighted by atomic mass is 10.0. The Morgan fingerprint density at radius 1 is 1.03 bits per heavy atom. The van der Waals surface area contributed by atoms with Gasteiger partial charge in [-0.3, -0.25) is 4.79 Å². The van der Waals surface area contributed by atoms with E-state index in [4.69, 9.17) is 9.15 Å². The van der Waals surface area contributed by atoms with Crippen LogP contribution in [0.3, 0.4) is 0 Å². The van der Waals surface area contributed by atoms with E-state index in [2.05, 4.69) is 22.4 Å². The second kappa shape index (κ2) is 9.96. The van der Waals surface area contributed by atoms with Crippen molar-refractivity contribution < 1.29 is 13.9 Å². The van der Waals surface area contributed by atoms with E-state index in [1.807, 2.05) is 67.6 Å². The highest BCUT2D eigenvalue weighted by molar-refractivity contribution is 6.00. The summed E-state index contributed by atoms with van der Waals surface area (Å²) in [5.74, 6) is 1.63. The summed E-state index contributed by atoms with van der Waals surface area (Å²) in [4.78, 5) is 17.5. The molecule has 0 bridgehead atoms. The number of amides is 1. The van der Waals surface area contributed by atoms with Gasteiger partial charge in [0, 0.05) is 17.2 Å². The van der Waals surface area contributed by atoms with Crippen molar-refractivity contribution in [3.05, 3.63) is 96.2 Å². The molecule has 0 saturated heterocycles. The largest absolute Gasteiger partial charge is 0.497 e. The normalized spacial score (nSPS) is 11.7. The molecule has 0 unspecified atom stereocenters. The Hall–Kier alpha value is -3.86. The fraction of sp³-hybridized carbons (Fsp3) is 0.185. The molecule has 1 aromatic heterocycles. The minimum atomic E-state index is -0.137. The smallest absolute Gasteiger partial charge is 0.252 e. The first-order valence-electron chi connectivity index (χ1n) is 10.7. The van der Waals surface area contributed by atoms with Crippen LogP contribution in [0.15, 0.2) is 89.5 Å². The van der Waals surface area contributed by atoms with Crippen molar-refractivity contribution in [3.63, 3.8) is 0 Å². The number of aromatic nitrogens is 1. The first-order valence-corrected chi connectivity index (χ1v) is 10.7. The average Bonchev–Trinajstić information content (AvgIpc) is 3.34. The molecule has 5 heteroatoms. The number of ether oxygens (including phenoxy) is 1. The Kier molecular flexibility index (Phi) is 6.66. The number of aryl methyl sites for hydroxylation is 1. The number of nitrogens with zero attached hydrogens (tertiary/aromatic N) is 1. The minimum absolute atomic E-state index is 0.0349. The lowest BCUT2D eigenvalue weighted by molar-refractivity contribution is 0.0939. The van der Waals surface area contributed by atoms with Crippen LogP contribution in [0.25, 0.3) is 22.8 Å². The number of hydrogen-bond donors (Lipinski definition) is 1. The van der Waals surface area contributed by atoms with E-state index in [-0.39, 0.29) is 11.9 Å². The van der Waals surface area contributed by atoms with E-state index in [1.54, 1.807) is 19.4 Å². The van der Waals surface area contributed by atoms with Gasteiger partial charge in [-0.25, -0.2) is 4.98 Å². The summed E-state index contributed by atoms with van der Waals surface area (Å²) >= 11 is 0. The van der Waals surface area contributed by atoms with Crippen LogP contribution in [-0.2, 0) is 6.42 Å². The molecule has 0 spiro atoms. The summed E-state index contributed by atoms with van der Waals surface area (Å²) in [5.41, 5.74) is 3.32. The number of methoxy groups -OCH3 is 1. The van der Waals surface area contributed by atoms with Gasteiger partial charge in [0.15, 0.2) is 5.76 Å². The maximum Gasteiger partial charge on any atom is 0.252 e. The lowest BCUT2D eigenvalue weighted by Crippen LogP contribution is -2.33. The monoisotopic (exact) mass is 426 g/mol. The second-order valence-electron chi connectivity index (χ2n) is 7.71. The first kappa shape index (κ1) is 21.4. The fourth-order valence-electron chi connectivity index (χ4n) is 3.58. The van der Waals surface area contributed by atoms with Gasteiger partial charge in [0.2, 0.25) is 5.89 Å². The van der Waals surface area contributed by atoms with Crippen LogP contribution in [-0.4, -0.2) is 24.0 Å². The fourth-order valence-corrected chi connectivity index (χ4v) is 3.58. The molecule has 0 fully saturated rings. The summed E-state index contributed by atoms with van der Waals surface area (Å²) in [6, 6.07) is 25.3. The number of benzene rings is 3. The topological polar surface area (TPSA) is 64.4 Å². The summed E-state index contributed by atoms with van der Waals surface area (Å²) < 4.78 is 11.3. The van der Waals surface area contributed by atoms with Gasteiger partial charge >= 0.3 is 0 Å². The van der Waals surface area contributed by atoms with Crippen LogP contribution < -0.4 is 10.1 Å². The predicted molar refractivity (Wildman–Crippen MR) is 126 cm³/mol. The SMILES string of the molecule is COc1cccc(-c2cnc(-c3ccccc3C(=O)N[C@@H](C)CCc3ccccc3)o2)c1. The predicted octanol–water partition coefficient (Wildman–Crippen LogP) is 5.77. The number of carbonyl (C=O) groups excluding carboxylic acids is 1. The molecule has 162 valence electrons. The molecule has 4 aromatic rings. The van der Waals surface area contributed by atoms with Gasteiger partial charge in [-0.1, -0.05) is 54.6 Å². The molecule has 3 aromatic carbocycles. The molecule has 32 heavy (non-hydrogen) atoms. The molecule has 0 radical (unpaired) electrons. The van der Waals surface area contributed by atoms with Crippen LogP contribution in [0.4, 0.5) is 0 Å². The van der Waals surface area contributed by atoms with Gasteiger partial charge in [-0.2, -0.15) is 0 Å². The summed E-state index contributed by atoms with van der Waals surface area (Å²) in [7, 11) is 1.63. The molecule has 0 aliphatic rings. The molecule has 0 saturated carbocycles. The van der Waals surface area contributed by atoms with Gasteiger partial charge in [0.05, 0.1) is 18.9 Å². The Balaban J connectivity index is 1.49. The Morgan fingerprint density at radius 3 is 2.62 bits per heavy atom. The zero-order valence-corrected chi connectivity index (χ0v) is 18.2. The maximum absolute atomic E-state index is 13.0. The Bertz CT molecular complexity index is 1180. The third-order valence-electron chi connectivity index (χ3n) is 5.35. The van der Waals surface area contributed by atoms with Crippen LogP contribution in [0.2, 0.25) is 0 Å². The molecule has 1 atom stereocenters. The van der Waals surface area contributed by atoms with Crippen molar-refractivity contribution in [2.45, 2.75) is 25.8 Å². The minimum Gasteiger partial charge on any atom is -0.497 e. The molecule has 1 amide bonds. The van der Waals surface area contributed by atoms with E-state index in [1.165, 1.54) is 5.56 Å². The van der Waals surface area contributed by atoms with Gasteiger partial charge in [0.25, 0.3) is 5.91 Å². The van der Waals surface area contributed by atoms with E-state index < -0.39 is 0 Å². The Morgan fingerprint density at radius 2 is 1.81 bits per heavy atom. The van der Waals surface area contributed by atoms with Crippen molar-refractivity contribution >= 4 is 5.91 Å². The van der Waals surface area contributed by atoms with E-state index in [0.717, 1.165) is 24.2 Å². The van der Waals surface area contributed by atoms with Crippen molar-refractivity contribution in [3.8, 4) is 28.5 Å². The number of hydrogen-bond acceptors (Lipinski definition) is 4. The highest BCUT2D eigenvalue weighted by Crippen LogP contribution is 2.30. The summed E-state index contributed by atoms with van der Waals surface area (Å²) in [6.07, 6.45) is 3.44. The van der Waals surface area contributed by atoms with E-state index >= 15 is 0 Å². The molecular weight excluding hydrogens is 400 g/mol. The van der Waals surface area contributed by atoms with Crippen molar-refractivity contribution in [1.29, 1.82) is 0 Å². The third-order valence-corrected chi connectivity index (χ3v) is 5.35. The second-order valence-corrected chi connectivity index (χ2v) is 7.71. The molecule has 5 nitrogen and oxygen atoms in total. The van der Waals surface area contributed by atoms with Gasteiger partial charge in [0.1, 0.15) is 5.75 Å². The molecule has 1 N–H and O–H groups in total. The molecule has 0 aliphatic carbocycles. The number of carbonyl (C=O) groups is 1. The summed E-state index contributed by atoms with van der Waals surface area (Å²) in [5, 5.41) is 3.11. The van der Waals surface area contributed by atoms with Gasteiger partial charge in [-0.05, 0) is 49.6 Å². The van der Waals surface area contributed by atoms with Crippen LogP contribution in [0.1, 0.15) is 29.3 Å². The van der Waals surface area contributed by atoms with Crippen molar-refractivity contribution in [2.24, 2.45) is 0 Å². The van der Waals surface area contributed by atoms with Crippen molar-refractivity contribution in [1.82, 2.24) is 10.3 Å². The molecule has 4 rings (SSSR count). The standard InChI is InChI=1S/C27H26N2O3/c1-19(15-16-20-9-4-3-5-10-20)29-26(30)23-13-6-7-14-24(23)27-28-18-25(32-27)21-11-8-12-22(17-21)31-2/h3-14,17-19H,15-16H2,1-2H3,(H,29,30)/t19-/m0/s1. The number of nitrogens with one attached hydrogen (secondary N) is 1. The quantitative estimate of drug-likeness (QED) is 0.389. The van der Waals surface area contributed by atoms with E-state index in [9.17, 15) is 4.79 Å². The van der Waals surface area contributed by atoms with Crippen molar-refractivity contribution in [2.75, 3.05) is 7.11 Å². The van der Waals surface area contributed by atoms with Gasteiger partial charge in [-0.15, -0.1) is 0 Å². The summed E-state index contributed by atoms with van der Waals surface area (Å²) in [6.45, 7) is 2.02. The Labute approximate surface area is 188 Å². The third kappa shape index (κ3) is 5.06. The number of rotatable bonds is 8. The van der Waals surface area contributed by atoms with Gasteiger partial charge < -0.3 is 14.5 Å². The van der Waals surface area contributed by atoms with Crippen LogP contribution in [0.5, 0.6) is 5.75 Å². The highest BCUT2D eigenvalue weighted by atomic mass is 16.5.